The minimum atomic E-state index is -0.581. The van der Waals surface area contributed by atoms with Gasteiger partial charge in [-0.25, -0.2) is 4.39 Å². The summed E-state index contributed by atoms with van der Waals surface area (Å²) in [6, 6.07) is 13.7. The lowest BCUT2D eigenvalue weighted by molar-refractivity contribution is -0.117. The summed E-state index contributed by atoms with van der Waals surface area (Å²) < 4.78 is 19.5. The van der Waals surface area contributed by atoms with Gasteiger partial charge >= 0.3 is 0 Å². The molecule has 0 radical (unpaired) electrons. The van der Waals surface area contributed by atoms with Crippen molar-refractivity contribution in [3.63, 3.8) is 0 Å². The van der Waals surface area contributed by atoms with Gasteiger partial charge in [0.15, 0.2) is 5.76 Å². The van der Waals surface area contributed by atoms with Crippen molar-refractivity contribution in [2.75, 3.05) is 22.1 Å². The van der Waals surface area contributed by atoms with E-state index in [1.807, 2.05) is 0 Å². The van der Waals surface area contributed by atoms with E-state index < -0.39 is 17.6 Å². The van der Waals surface area contributed by atoms with Crippen LogP contribution in [0.5, 0.6) is 0 Å². The minimum absolute atomic E-state index is 0.112. The summed E-state index contributed by atoms with van der Waals surface area (Å²) >= 11 is 0. The molecule has 1 aromatic heterocycles. The number of hydrogen-bond acceptors (Lipinski definition) is 4. The number of carbonyl (C=O) groups excluding carboxylic acids is 3. The van der Waals surface area contributed by atoms with Crippen LogP contribution in [0.4, 0.5) is 21.5 Å². The first-order valence-corrected chi connectivity index (χ1v) is 9.37. The SMILES string of the molecule is O=C(Nc1ccc(N2CCCC2=O)c(F)c1)c1cccc(NC(=O)c2ccco2)c1. The maximum Gasteiger partial charge on any atom is 0.291 e. The van der Waals surface area contributed by atoms with Crippen LogP contribution in [0.25, 0.3) is 0 Å². The number of halogens is 1. The second-order valence-electron chi connectivity index (χ2n) is 6.78. The molecule has 7 nitrogen and oxygen atoms in total. The maximum absolute atomic E-state index is 14.5. The predicted octanol–water partition coefficient (Wildman–Crippen LogP) is 4.05. The topological polar surface area (TPSA) is 91.7 Å². The number of benzene rings is 2. The normalized spacial score (nSPS) is 13.4. The molecular weight excluding hydrogens is 389 g/mol. The van der Waals surface area contributed by atoms with E-state index in [9.17, 15) is 18.8 Å². The summed E-state index contributed by atoms with van der Waals surface area (Å²) in [5, 5.41) is 5.27. The Morgan fingerprint density at radius 1 is 0.967 bits per heavy atom. The molecule has 4 rings (SSSR count). The summed E-state index contributed by atoms with van der Waals surface area (Å²) in [7, 11) is 0. The Bertz CT molecular complexity index is 1110. The average molecular weight is 407 g/mol. The van der Waals surface area contributed by atoms with Gasteiger partial charge in [0, 0.05) is 29.9 Å². The van der Waals surface area contributed by atoms with Gasteiger partial charge in [-0.2, -0.15) is 0 Å². The fourth-order valence-electron chi connectivity index (χ4n) is 3.25. The summed E-state index contributed by atoms with van der Waals surface area (Å²) in [4.78, 5) is 37.9. The molecule has 152 valence electrons. The molecule has 0 aliphatic carbocycles. The largest absolute Gasteiger partial charge is 0.459 e. The Morgan fingerprint density at radius 3 is 2.47 bits per heavy atom. The standard InChI is InChI=1S/C22H18FN3O4/c23-17-13-16(8-9-18(17)26-10-2-7-20(26)27)24-21(28)14-4-1-5-15(12-14)25-22(29)19-6-3-11-30-19/h1,3-6,8-9,11-13H,2,7,10H2,(H,24,28)(H,25,29). The zero-order valence-corrected chi connectivity index (χ0v) is 15.9. The third kappa shape index (κ3) is 4.07. The Morgan fingerprint density at radius 2 is 1.77 bits per heavy atom. The van der Waals surface area contributed by atoms with Crippen molar-refractivity contribution in [2.24, 2.45) is 0 Å². The number of rotatable bonds is 5. The predicted molar refractivity (Wildman–Crippen MR) is 109 cm³/mol. The highest BCUT2D eigenvalue weighted by atomic mass is 19.1. The number of anilines is 3. The summed E-state index contributed by atoms with van der Waals surface area (Å²) in [6.45, 7) is 0.484. The zero-order valence-electron chi connectivity index (χ0n) is 15.9. The molecule has 1 fully saturated rings. The van der Waals surface area contributed by atoms with E-state index in [0.29, 0.717) is 25.1 Å². The van der Waals surface area contributed by atoms with Crippen LogP contribution in [-0.4, -0.2) is 24.3 Å². The van der Waals surface area contributed by atoms with Gasteiger partial charge in [0.2, 0.25) is 5.91 Å². The minimum Gasteiger partial charge on any atom is -0.459 e. The van der Waals surface area contributed by atoms with Gasteiger partial charge in [0.1, 0.15) is 5.82 Å². The summed E-state index contributed by atoms with van der Waals surface area (Å²) in [5.41, 5.74) is 1.17. The van der Waals surface area contributed by atoms with Crippen LogP contribution in [0.1, 0.15) is 33.8 Å². The van der Waals surface area contributed by atoms with Crippen molar-refractivity contribution in [3.05, 3.63) is 78.0 Å². The molecule has 8 heteroatoms. The molecule has 2 aromatic carbocycles. The summed E-state index contributed by atoms with van der Waals surface area (Å²) in [5.74, 6) is -1.45. The van der Waals surface area contributed by atoms with Crippen molar-refractivity contribution in [1.82, 2.24) is 0 Å². The van der Waals surface area contributed by atoms with Crippen LogP contribution in [0.15, 0.2) is 65.3 Å². The first-order valence-electron chi connectivity index (χ1n) is 9.37. The molecule has 3 amide bonds. The number of nitrogens with zero attached hydrogens (tertiary/aromatic N) is 1. The zero-order chi connectivity index (χ0) is 21.1. The first-order chi connectivity index (χ1) is 14.5. The second kappa shape index (κ2) is 8.20. The van der Waals surface area contributed by atoms with Crippen molar-refractivity contribution >= 4 is 34.8 Å². The van der Waals surface area contributed by atoms with E-state index in [2.05, 4.69) is 10.6 Å². The van der Waals surface area contributed by atoms with Crippen LogP contribution in [0.2, 0.25) is 0 Å². The van der Waals surface area contributed by atoms with Crippen LogP contribution in [0.3, 0.4) is 0 Å². The van der Waals surface area contributed by atoms with E-state index in [0.717, 1.165) is 0 Å². The van der Waals surface area contributed by atoms with Crippen LogP contribution >= 0.6 is 0 Å². The van der Waals surface area contributed by atoms with Gasteiger partial charge in [-0.3, -0.25) is 14.4 Å². The van der Waals surface area contributed by atoms with E-state index >= 15 is 0 Å². The van der Waals surface area contributed by atoms with Gasteiger partial charge in [-0.05, 0) is 55.0 Å². The smallest absolute Gasteiger partial charge is 0.291 e. The van der Waals surface area contributed by atoms with E-state index in [4.69, 9.17) is 4.42 Å². The number of hydrogen-bond donors (Lipinski definition) is 2. The number of furan rings is 1. The van der Waals surface area contributed by atoms with E-state index in [1.54, 1.807) is 30.3 Å². The van der Waals surface area contributed by atoms with Gasteiger partial charge in [0.05, 0.1) is 12.0 Å². The Kier molecular flexibility index (Phi) is 5.30. The van der Waals surface area contributed by atoms with Gasteiger partial charge in [-0.15, -0.1) is 0 Å². The molecule has 1 saturated heterocycles. The lowest BCUT2D eigenvalue weighted by atomic mass is 10.1. The van der Waals surface area contributed by atoms with Crippen LogP contribution in [-0.2, 0) is 4.79 Å². The van der Waals surface area contributed by atoms with Crippen molar-refractivity contribution < 1.29 is 23.2 Å². The lowest BCUT2D eigenvalue weighted by Crippen LogP contribution is -2.24. The Balaban J connectivity index is 1.45. The van der Waals surface area contributed by atoms with Crippen molar-refractivity contribution in [1.29, 1.82) is 0 Å². The van der Waals surface area contributed by atoms with Crippen molar-refractivity contribution in [3.8, 4) is 0 Å². The van der Waals surface area contributed by atoms with Gasteiger partial charge in [-0.1, -0.05) is 6.07 Å². The molecule has 0 spiro atoms. The molecule has 0 atom stereocenters. The van der Waals surface area contributed by atoms with Crippen LogP contribution < -0.4 is 15.5 Å². The second-order valence-corrected chi connectivity index (χ2v) is 6.78. The molecule has 30 heavy (non-hydrogen) atoms. The average Bonchev–Trinajstić information content (AvgIpc) is 3.40. The number of nitrogens with one attached hydrogen (secondary N) is 2. The highest BCUT2D eigenvalue weighted by Gasteiger charge is 2.24. The molecule has 2 heterocycles. The molecule has 3 aromatic rings. The Labute approximate surface area is 171 Å². The van der Waals surface area contributed by atoms with Crippen LogP contribution in [0, 0.1) is 5.82 Å². The number of amides is 3. The highest BCUT2D eigenvalue weighted by Crippen LogP contribution is 2.27. The number of carbonyl (C=O) groups is 3. The van der Waals surface area contributed by atoms with E-state index in [-0.39, 0.29) is 28.6 Å². The fourth-order valence-corrected chi connectivity index (χ4v) is 3.25. The highest BCUT2D eigenvalue weighted by molar-refractivity contribution is 6.07. The third-order valence-electron chi connectivity index (χ3n) is 4.70. The first kappa shape index (κ1) is 19.4. The van der Waals surface area contributed by atoms with Gasteiger partial charge in [0.25, 0.3) is 11.8 Å². The summed E-state index contributed by atoms with van der Waals surface area (Å²) in [6.07, 6.45) is 2.50. The third-order valence-corrected chi connectivity index (χ3v) is 4.70. The molecule has 0 unspecified atom stereocenters. The van der Waals surface area contributed by atoms with E-state index in [1.165, 1.54) is 35.4 Å². The molecule has 0 saturated carbocycles. The monoisotopic (exact) mass is 407 g/mol. The molecular formula is C22H18FN3O4. The molecule has 1 aliphatic rings. The Hall–Kier alpha value is -3.94. The van der Waals surface area contributed by atoms with Gasteiger partial charge < -0.3 is 20.0 Å². The fraction of sp³-hybridized carbons (Fsp3) is 0.136. The quantitative estimate of drug-likeness (QED) is 0.668. The molecule has 0 bridgehead atoms. The van der Waals surface area contributed by atoms with Crippen molar-refractivity contribution in [2.45, 2.75) is 12.8 Å². The molecule has 1 aliphatic heterocycles. The lowest BCUT2D eigenvalue weighted by Gasteiger charge is -2.17. The molecule has 2 N–H and O–H groups in total. The maximum atomic E-state index is 14.5.